The molecule has 0 amide bonds. The molecule has 0 saturated carbocycles. The van der Waals surface area contributed by atoms with Gasteiger partial charge in [0.05, 0.1) is 23.5 Å². The SMILES string of the molecule is Nc1ncnn2c(C3CN4CCN(Cc5ccccc5)CC4CO3)cc(-c3ccc4cn(-c5ccccc5)nc4c3)c12. The van der Waals surface area contributed by atoms with Crippen LogP contribution in [0.2, 0.25) is 0 Å². The Morgan fingerprint density at radius 2 is 1.74 bits per heavy atom. The standard InChI is InChI=1S/C33H32N8O/c34-33-32-28(24-11-12-25-18-40(37-29(25)15-24)26-9-5-2-6-10-26)16-30(41(32)36-22-35-33)31-20-39-14-13-38(19-27(39)21-42-31)17-23-7-3-1-4-8-23/h1-12,15-16,18,22,27,31H,13-14,17,19-21H2,(H2,34,35,36). The summed E-state index contributed by atoms with van der Waals surface area (Å²) in [5.74, 6) is 0.448. The summed E-state index contributed by atoms with van der Waals surface area (Å²) in [5, 5.41) is 10.6. The molecule has 8 rings (SSSR count). The number of hydrogen-bond donors (Lipinski definition) is 1. The number of ether oxygens (including phenoxy) is 1. The first-order valence-electron chi connectivity index (χ1n) is 14.5. The normalized spacial score (nSPS) is 19.8. The number of piperazine rings is 1. The molecule has 9 nitrogen and oxygen atoms in total. The van der Waals surface area contributed by atoms with Gasteiger partial charge in [0, 0.05) is 55.9 Å². The van der Waals surface area contributed by atoms with E-state index in [-0.39, 0.29) is 6.10 Å². The maximum Gasteiger partial charge on any atom is 0.151 e. The van der Waals surface area contributed by atoms with Crippen LogP contribution in [0.5, 0.6) is 0 Å². The summed E-state index contributed by atoms with van der Waals surface area (Å²) in [4.78, 5) is 9.44. The fourth-order valence-corrected chi connectivity index (χ4v) is 6.45. The number of nitrogens with two attached hydrogens (primary N) is 1. The molecule has 2 saturated heterocycles. The summed E-state index contributed by atoms with van der Waals surface area (Å²) < 4.78 is 10.4. The Kier molecular flexibility index (Phi) is 6.21. The van der Waals surface area contributed by atoms with Crippen molar-refractivity contribution < 1.29 is 4.74 Å². The molecule has 210 valence electrons. The zero-order valence-corrected chi connectivity index (χ0v) is 23.3. The second-order valence-corrected chi connectivity index (χ2v) is 11.3. The van der Waals surface area contributed by atoms with Crippen LogP contribution < -0.4 is 5.73 Å². The van der Waals surface area contributed by atoms with Gasteiger partial charge in [-0.2, -0.15) is 10.2 Å². The molecule has 3 aromatic heterocycles. The van der Waals surface area contributed by atoms with Crippen molar-refractivity contribution in [1.82, 2.24) is 34.2 Å². The molecule has 0 radical (unpaired) electrons. The van der Waals surface area contributed by atoms with E-state index in [4.69, 9.17) is 15.6 Å². The van der Waals surface area contributed by atoms with E-state index in [0.29, 0.717) is 18.5 Å². The van der Waals surface area contributed by atoms with E-state index in [1.54, 1.807) is 0 Å². The number of anilines is 1. The fraction of sp³-hybridized carbons (Fsp3) is 0.242. The zero-order valence-electron chi connectivity index (χ0n) is 23.3. The van der Waals surface area contributed by atoms with E-state index in [1.165, 1.54) is 11.9 Å². The average Bonchev–Trinajstić information content (AvgIpc) is 3.64. The quantitative estimate of drug-likeness (QED) is 0.333. The highest BCUT2D eigenvalue weighted by atomic mass is 16.5. The van der Waals surface area contributed by atoms with Gasteiger partial charge in [0.25, 0.3) is 0 Å². The summed E-state index contributed by atoms with van der Waals surface area (Å²) >= 11 is 0. The molecule has 2 atom stereocenters. The summed E-state index contributed by atoms with van der Waals surface area (Å²) in [5.41, 5.74) is 13.6. The molecule has 0 spiro atoms. The van der Waals surface area contributed by atoms with Crippen molar-refractivity contribution in [2.75, 3.05) is 38.5 Å². The van der Waals surface area contributed by atoms with Crippen LogP contribution in [0.1, 0.15) is 17.4 Å². The minimum atomic E-state index is -0.113. The highest BCUT2D eigenvalue weighted by Crippen LogP contribution is 2.36. The molecule has 6 aromatic rings. The van der Waals surface area contributed by atoms with Crippen LogP contribution in [0.4, 0.5) is 5.82 Å². The predicted octanol–water partition coefficient (Wildman–Crippen LogP) is 4.58. The topological polar surface area (TPSA) is 89.7 Å². The van der Waals surface area contributed by atoms with Crippen molar-refractivity contribution in [1.29, 1.82) is 0 Å². The molecule has 2 fully saturated rings. The average molecular weight is 557 g/mol. The third kappa shape index (κ3) is 4.52. The van der Waals surface area contributed by atoms with Gasteiger partial charge in [0.2, 0.25) is 0 Å². The number of rotatable bonds is 5. The lowest BCUT2D eigenvalue weighted by molar-refractivity contribution is -0.0931. The van der Waals surface area contributed by atoms with Crippen LogP contribution in [-0.2, 0) is 11.3 Å². The molecule has 2 aliphatic rings. The summed E-state index contributed by atoms with van der Waals surface area (Å²) in [6, 6.07) is 29.8. The van der Waals surface area contributed by atoms with E-state index < -0.39 is 0 Å². The maximum atomic E-state index is 6.55. The first-order chi connectivity index (χ1) is 20.7. The van der Waals surface area contributed by atoms with Gasteiger partial charge in [0.15, 0.2) is 5.82 Å². The smallest absolute Gasteiger partial charge is 0.151 e. The van der Waals surface area contributed by atoms with Crippen molar-refractivity contribution in [2.24, 2.45) is 0 Å². The predicted molar refractivity (Wildman–Crippen MR) is 163 cm³/mol. The summed E-state index contributed by atoms with van der Waals surface area (Å²) in [6.07, 6.45) is 3.47. The third-order valence-electron chi connectivity index (χ3n) is 8.61. The monoisotopic (exact) mass is 556 g/mol. The lowest BCUT2D eigenvalue weighted by atomic mass is 10.0. The molecule has 42 heavy (non-hydrogen) atoms. The van der Waals surface area contributed by atoms with Crippen LogP contribution in [-0.4, -0.2) is 73.0 Å². The Morgan fingerprint density at radius 1 is 0.905 bits per heavy atom. The molecule has 2 aliphatic heterocycles. The molecule has 0 bridgehead atoms. The molecule has 3 aromatic carbocycles. The Labute approximate surface area is 243 Å². The van der Waals surface area contributed by atoms with Crippen LogP contribution in [0.25, 0.3) is 33.2 Å². The van der Waals surface area contributed by atoms with Gasteiger partial charge >= 0.3 is 0 Å². The number of morpholine rings is 1. The van der Waals surface area contributed by atoms with Gasteiger partial charge in [-0.05, 0) is 35.4 Å². The number of para-hydroxylation sites is 1. The van der Waals surface area contributed by atoms with Gasteiger partial charge in [0.1, 0.15) is 17.9 Å². The molecular weight excluding hydrogens is 524 g/mol. The van der Waals surface area contributed by atoms with E-state index in [2.05, 4.69) is 92.8 Å². The number of hydrogen-bond acceptors (Lipinski definition) is 7. The maximum absolute atomic E-state index is 6.55. The Morgan fingerprint density at radius 3 is 2.60 bits per heavy atom. The summed E-state index contributed by atoms with van der Waals surface area (Å²) in [7, 11) is 0. The molecule has 0 aliphatic carbocycles. The second kappa shape index (κ2) is 10.4. The molecule has 2 unspecified atom stereocenters. The number of aromatic nitrogens is 5. The van der Waals surface area contributed by atoms with Gasteiger partial charge in [-0.3, -0.25) is 9.80 Å². The van der Waals surface area contributed by atoms with Crippen LogP contribution >= 0.6 is 0 Å². The minimum absolute atomic E-state index is 0.113. The van der Waals surface area contributed by atoms with Crippen molar-refractivity contribution >= 4 is 22.2 Å². The van der Waals surface area contributed by atoms with Gasteiger partial charge in [-0.1, -0.05) is 60.7 Å². The van der Waals surface area contributed by atoms with Crippen molar-refractivity contribution in [3.05, 3.63) is 109 Å². The highest BCUT2D eigenvalue weighted by molar-refractivity contribution is 5.92. The molecular formula is C33H32N8O. The lowest BCUT2D eigenvalue weighted by Crippen LogP contribution is -2.58. The second-order valence-electron chi connectivity index (χ2n) is 11.3. The first kappa shape index (κ1) is 25.2. The van der Waals surface area contributed by atoms with E-state index in [1.807, 2.05) is 27.4 Å². The van der Waals surface area contributed by atoms with Crippen LogP contribution in [0, 0.1) is 0 Å². The van der Waals surface area contributed by atoms with Crippen molar-refractivity contribution in [2.45, 2.75) is 18.7 Å². The van der Waals surface area contributed by atoms with Crippen molar-refractivity contribution in [3.63, 3.8) is 0 Å². The van der Waals surface area contributed by atoms with E-state index in [9.17, 15) is 0 Å². The van der Waals surface area contributed by atoms with E-state index >= 15 is 0 Å². The third-order valence-corrected chi connectivity index (χ3v) is 8.61. The van der Waals surface area contributed by atoms with Crippen LogP contribution in [0.15, 0.2) is 97.5 Å². The van der Waals surface area contributed by atoms with Crippen LogP contribution in [0.3, 0.4) is 0 Å². The number of nitrogen functional groups attached to an aromatic ring is 1. The molecule has 2 N–H and O–H groups in total. The largest absolute Gasteiger partial charge is 0.382 e. The summed E-state index contributed by atoms with van der Waals surface area (Å²) in [6.45, 7) is 5.55. The van der Waals surface area contributed by atoms with Crippen molar-refractivity contribution in [3.8, 4) is 16.8 Å². The Balaban J connectivity index is 1.08. The van der Waals surface area contributed by atoms with E-state index in [0.717, 1.165) is 71.7 Å². The highest BCUT2D eigenvalue weighted by Gasteiger charge is 2.35. The van der Waals surface area contributed by atoms with Gasteiger partial charge in [-0.15, -0.1) is 0 Å². The van der Waals surface area contributed by atoms with Gasteiger partial charge in [-0.25, -0.2) is 14.2 Å². The number of fused-ring (bicyclic) bond motifs is 3. The lowest BCUT2D eigenvalue weighted by Gasteiger charge is -2.46. The number of benzene rings is 3. The minimum Gasteiger partial charge on any atom is -0.382 e. The Bertz CT molecular complexity index is 1870. The van der Waals surface area contributed by atoms with Gasteiger partial charge < -0.3 is 10.5 Å². The fourth-order valence-electron chi connectivity index (χ4n) is 6.45. The zero-order chi connectivity index (χ0) is 28.0. The Hall–Kier alpha value is -4.57. The first-order valence-corrected chi connectivity index (χ1v) is 14.5. The number of nitrogens with zero attached hydrogens (tertiary/aromatic N) is 7. The molecule has 5 heterocycles. The molecule has 9 heteroatoms.